The lowest BCUT2D eigenvalue weighted by Crippen LogP contribution is -2.06. The average Bonchev–Trinajstić information content (AvgIpc) is 2.97. The number of nitrogens with zero attached hydrogens (tertiary/aromatic N) is 2. The second-order valence-electron chi connectivity index (χ2n) is 4.41. The lowest BCUT2D eigenvalue weighted by Gasteiger charge is -1.95. The van der Waals surface area contributed by atoms with Gasteiger partial charge in [0.15, 0.2) is 0 Å². The average molecular weight is 336 g/mol. The minimum atomic E-state index is -3.54. The first kappa shape index (κ1) is 16.7. The minimum Gasteiger partial charge on any atom is -0.480 e. The van der Waals surface area contributed by atoms with Crippen molar-refractivity contribution in [3.8, 4) is 23.3 Å². The van der Waals surface area contributed by atoms with Crippen molar-refractivity contribution in [3.63, 3.8) is 0 Å². The third kappa shape index (κ3) is 4.91. The normalized spacial score (nSPS) is 10.8. The summed E-state index contributed by atoms with van der Waals surface area (Å²) in [6, 6.07) is 6.68. The van der Waals surface area contributed by atoms with Crippen LogP contribution in [0.4, 0.5) is 0 Å². The van der Waals surface area contributed by atoms with Gasteiger partial charge in [-0.15, -0.1) is 5.10 Å². The van der Waals surface area contributed by atoms with E-state index >= 15 is 0 Å². The van der Waals surface area contributed by atoms with Crippen molar-refractivity contribution in [2.45, 2.75) is 5.22 Å². The van der Waals surface area contributed by atoms with E-state index in [1.165, 1.54) is 0 Å². The maximum Gasteiger partial charge on any atom is 0.335 e. The molecule has 0 aliphatic heterocycles. The van der Waals surface area contributed by atoms with E-state index in [-0.39, 0.29) is 12.5 Å². The first-order valence-corrected chi connectivity index (χ1v) is 8.18. The number of hydrogen-bond acceptors (Lipinski definition) is 7. The Morgan fingerprint density at radius 3 is 2.57 bits per heavy atom. The van der Waals surface area contributed by atoms with E-state index in [0.29, 0.717) is 11.1 Å². The number of carbonyl (C=O) groups is 1. The number of aliphatic carboxylic acids is 1. The molecule has 0 fully saturated rings. The number of benzene rings is 1. The molecule has 0 spiro atoms. The van der Waals surface area contributed by atoms with Gasteiger partial charge in [0, 0.05) is 17.4 Å². The van der Waals surface area contributed by atoms with Crippen molar-refractivity contribution < 1.29 is 27.5 Å². The van der Waals surface area contributed by atoms with Crippen LogP contribution >= 0.6 is 0 Å². The monoisotopic (exact) mass is 336 g/mol. The van der Waals surface area contributed by atoms with E-state index in [1.807, 2.05) is 0 Å². The van der Waals surface area contributed by atoms with Gasteiger partial charge in [0.2, 0.25) is 15.7 Å². The Hall–Kier alpha value is -2.70. The molecule has 1 aromatic carbocycles. The van der Waals surface area contributed by atoms with Crippen LogP contribution in [-0.2, 0) is 19.4 Å². The van der Waals surface area contributed by atoms with Crippen LogP contribution in [0.25, 0.3) is 11.5 Å². The van der Waals surface area contributed by atoms with Crippen LogP contribution in [-0.4, -0.2) is 49.2 Å². The molecule has 0 bridgehead atoms. The zero-order valence-corrected chi connectivity index (χ0v) is 12.8. The molecule has 2 aromatic rings. The Kier molecular flexibility index (Phi) is 5.10. The largest absolute Gasteiger partial charge is 0.480 e. The Balaban J connectivity index is 2.04. The predicted octanol–water partition coefficient (Wildman–Crippen LogP) is 0.593. The first-order chi connectivity index (χ1) is 10.9. The highest BCUT2D eigenvalue weighted by atomic mass is 32.2. The van der Waals surface area contributed by atoms with Crippen molar-refractivity contribution in [3.05, 3.63) is 29.8 Å². The van der Waals surface area contributed by atoms with E-state index in [2.05, 4.69) is 22.0 Å². The Bertz CT molecular complexity index is 859. The summed E-state index contributed by atoms with van der Waals surface area (Å²) in [7, 11) is -3.54. The lowest BCUT2D eigenvalue weighted by molar-refractivity contribution is -0.141. The third-order valence-corrected chi connectivity index (χ3v) is 3.29. The number of ether oxygens (including phenoxy) is 1. The van der Waals surface area contributed by atoms with Crippen LogP contribution in [0.2, 0.25) is 0 Å². The van der Waals surface area contributed by atoms with E-state index < -0.39 is 27.6 Å². The summed E-state index contributed by atoms with van der Waals surface area (Å²) in [5.41, 5.74) is 1.23. The molecule has 1 N–H and O–H groups in total. The van der Waals surface area contributed by atoms with Gasteiger partial charge in [-0.3, -0.25) is 0 Å². The molecule has 120 valence electrons. The quantitative estimate of drug-likeness (QED) is 0.622. The lowest BCUT2D eigenvalue weighted by atomic mass is 10.1. The molecule has 0 amide bonds. The summed E-state index contributed by atoms with van der Waals surface area (Å²) in [5.74, 6) is 4.51. The van der Waals surface area contributed by atoms with Gasteiger partial charge in [-0.25, -0.2) is 13.2 Å². The molecule has 9 heteroatoms. The number of aromatic nitrogens is 2. The molecule has 0 unspecified atom stereocenters. The van der Waals surface area contributed by atoms with Crippen LogP contribution in [0, 0.1) is 11.8 Å². The molecule has 0 saturated heterocycles. The molecular weight excluding hydrogens is 324 g/mol. The molecule has 0 saturated carbocycles. The second kappa shape index (κ2) is 7.04. The zero-order chi connectivity index (χ0) is 16.9. The van der Waals surface area contributed by atoms with Crippen molar-refractivity contribution in [1.29, 1.82) is 0 Å². The van der Waals surface area contributed by atoms with Gasteiger partial charge >= 0.3 is 11.2 Å². The van der Waals surface area contributed by atoms with Crippen LogP contribution in [0.3, 0.4) is 0 Å². The van der Waals surface area contributed by atoms with Crippen molar-refractivity contribution >= 4 is 15.8 Å². The van der Waals surface area contributed by atoms with Crippen LogP contribution < -0.4 is 0 Å². The molecule has 1 aromatic heterocycles. The molecule has 0 atom stereocenters. The van der Waals surface area contributed by atoms with Crippen LogP contribution in [0.1, 0.15) is 5.56 Å². The number of rotatable bonds is 5. The summed E-state index contributed by atoms with van der Waals surface area (Å²) in [5, 5.41) is 15.1. The fraction of sp³-hybridized carbons (Fsp3) is 0.214. The summed E-state index contributed by atoms with van der Waals surface area (Å²) in [6.07, 6.45) is 0.982. The molecule has 1 heterocycles. The topological polar surface area (TPSA) is 120 Å². The van der Waals surface area contributed by atoms with E-state index in [1.54, 1.807) is 24.3 Å². The molecule has 0 aliphatic rings. The van der Waals surface area contributed by atoms with Gasteiger partial charge < -0.3 is 14.3 Å². The zero-order valence-electron chi connectivity index (χ0n) is 12.0. The van der Waals surface area contributed by atoms with Gasteiger partial charge in [0.25, 0.3) is 0 Å². The number of carboxylic acid groups (broad SMARTS) is 1. The molecule has 0 aliphatic carbocycles. The molecule has 2 rings (SSSR count). The van der Waals surface area contributed by atoms with Crippen molar-refractivity contribution in [1.82, 2.24) is 10.2 Å². The highest BCUT2D eigenvalue weighted by Crippen LogP contribution is 2.19. The Morgan fingerprint density at radius 2 is 2.00 bits per heavy atom. The van der Waals surface area contributed by atoms with Crippen molar-refractivity contribution in [2.75, 3.05) is 19.5 Å². The smallest absolute Gasteiger partial charge is 0.335 e. The molecule has 0 radical (unpaired) electrons. The summed E-state index contributed by atoms with van der Waals surface area (Å²) < 4.78 is 32.4. The van der Waals surface area contributed by atoms with Gasteiger partial charge in [0.1, 0.15) is 13.2 Å². The highest BCUT2D eigenvalue weighted by Gasteiger charge is 2.17. The van der Waals surface area contributed by atoms with Crippen LogP contribution in [0.15, 0.2) is 33.9 Å². The van der Waals surface area contributed by atoms with E-state index in [9.17, 15) is 13.2 Å². The SMILES string of the molecule is CS(=O)(=O)c1nnc(-c2ccc(C#CCOCC(=O)O)cc2)o1. The first-order valence-electron chi connectivity index (χ1n) is 6.28. The Labute approximate surface area is 132 Å². The fourth-order valence-electron chi connectivity index (χ4n) is 1.50. The van der Waals surface area contributed by atoms with E-state index in [0.717, 1.165) is 6.26 Å². The minimum absolute atomic E-state index is 0.00936. The fourth-order valence-corrected chi connectivity index (χ4v) is 1.92. The van der Waals surface area contributed by atoms with Crippen molar-refractivity contribution in [2.24, 2.45) is 0 Å². The standard InChI is InChI=1S/C14H12N2O6S/c1-23(19,20)14-16-15-13(22-14)11-6-4-10(5-7-11)3-2-8-21-9-12(17)18/h4-7H,8-9H2,1H3,(H,17,18). The van der Waals surface area contributed by atoms with E-state index in [4.69, 9.17) is 14.3 Å². The van der Waals surface area contributed by atoms with Crippen LogP contribution in [0.5, 0.6) is 0 Å². The second-order valence-corrected chi connectivity index (χ2v) is 6.30. The molecular formula is C14H12N2O6S. The molecule has 23 heavy (non-hydrogen) atoms. The maximum absolute atomic E-state index is 11.3. The molecule has 8 nitrogen and oxygen atoms in total. The predicted molar refractivity (Wildman–Crippen MR) is 78.2 cm³/mol. The summed E-state index contributed by atoms with van der Waals surface area (Å²) >= 11 is 0. The third-order valence-electron chi connectivity index (χ3n) is 2.49. The maximum atomic E-state index is 11.3. The van der Waals surface area contributed by atoms with Gasteiger partial charge in [-0.2, -0.15) is 0 Å². The summed E-state index contributed by atoms with van der Waals surface area (Å²) in [6.45, 7) is -0.386. The number of sulfone groups is 1. The van der Waals surface area contributed by atoms with Gasteiger partial charge in [-0.05, 0) is 24.3 Å². The highest BCUT2D eigenvalue weighted by molar-refractivity contribution is 7.90. The number of carboxylic acids is 1. The van der Waals surface area contributed by atoms with Gasteiger partial charge in [0.05, 0.1) is 0 Å². The Morgan fingerprint density at radius 1 is 1.30 bits per heavy atom. The summed E-state index contributed by atoms with van der Waals surface area (Å²) in [4.78, 5) is 10.2. The number of hydrogen-bond donors (Lipinski definition) is 1. The van der Waals surface area contributed by atoms with Gasteiger partial charge in [-0.1, -0.05) is 16.9 Å².